The number of carbonyl (C=O) groups is 2. The first kappa shape index (κ1) is 28.1. The zero-order chi connectivity index (χ0) is 26.4. The van der Waals surface area contributed by atoms with Gasteiger partial charge in [0, 0.05) is 64.2 Å². The molecule has 2 amide bonds. The number of benzene rings is 1. The van der Waals surface area contributed by atoms with E-state index in [-0.39, 0.29) is 17.7 Å². The molecule has 2 saturated heterocycles. The van der Waals surface area contributed by atoms with Crippen LogP contribution in [0, 0.1) is 5.92 Å². The number of carbonyl (C=O) groups excluding carboxylic acids is 2. The minimum atomic E-state index is -0.0955. The van der Waals surface area contributed by atoms with E-state index in [4.69, 9.17) is 23.2 Å². The molecule has 1 unspecified atom stereocenters. The number of piperazine rings is 1. The predicted molar refractivity (Wildman–Crippen MR) is 149 cm³/mol. The molecule has 0 spiro atoms. The number of hydrazone groups is 1. The van der Waals surface area contributed by atoms with Gasteiger partial charge in [-0.15, -0.1) is 0 Å². The molecule has 204 valence electrons. The van der Waals surface area contributed by atoms with Crippen LogP contribution in [0.4, 0.5) is 5.69 Å². The average Bonchev–Trinajstić information content (AvgIpc) is 3.24. The van der Waals surface area contributed by atoms with Gasteiger partial charge in [0.1, 0.15) is 5.84 Å². The molecule has 11 heteroatoms. The zero-order valence-electron chi connectivity index (χ0n) is 21.9. The number of likely N-dealkylation sites (tertiary alicyclic amines) is 1. The fourth-order valence-corrected chi connectivity index (χ4v) is 5.44. The first-order valence-electron chi connectivity index (χ1n) is 13.3. The summed E-state index contributed by atoms with van der Waals surface area (Å²) < 4.78 is 0. The predicted octanol–water partition coefficient (Wildman–Crippen LogP) is 2.49. The summed E-state index contributed by atoms with van der Waals surface area (Å²) in [5, 5.41) is 13.2. The number of piperidine rings is 1. The number of rotatable bonds is 8. The Bertz CT molecular complexity index is 976. The maximum Gasteiger partial charge on any atom is 0.234 e. The SMILES string of the molecule is CC1CN(c2ccc(Cl)c(Cl)c2)N=C1NC(=O)CCCNC(=O)CN1CCC(N2CCN(C)CC2)CC1. The van der Waals surface area contributed by atoms with Crippen LogP contribution in [0.3, 0.4) is 0 Å². The fraction of sp³-hybridized carbons (Fsp3) is 0.654. The highest BCUT2D eigenvalue weighted by Gasteiger charge is 2.28. The van der Waals surface area contributed by atoms with E-state index in [9.17, 15) is 9.59 Å². The fourth-order valence-electron chi connectivity index (χ4n) is 5.14. The minimum Gasteiger partial charge on any atom is -0.355 e. The Balaban J connectivity index is 1.10. The molecule has 2 N–H and O–H groups in total. The van der Waals surface area contributed by atoms with E-state index in [2.05, 4.69) is 37.5 Å². The molecule has 0 bridgehead atoms. The molecule has 0 saturated carbocycles. The Kier molecular flexibility index (Phi) is 10.1. The van der Waals surface area contributed by atoms with Crippen LogP contribution in [0.25, 0.3) is 0 Å². The lowest BCUT2D eigenvalue weighted by atomic mass is 10.0. The highest BCUT2D eigenvalue weighted by atomic mass is 35.5. The van der Waals surface area contributed by atoms with Crippen molar-refractivity contribution in [1.82, 2.24) is 25.3 Å². The molecule has 3 aliphatic heterocycles. The third-order valence-electron chi connectivity index (χ3n) is 7.49. The Morgan fingerprint density at radius 3 is 2.46 bits per heavy atom. The van der Waals surface area contributed by atoms with Gasteiger partial charge in [-0.1, -0.05) is 30.1 Å². The van der Waals surface area contributed by atoms with E-state index in [0.29, 0.717) is 54.4 Å². The lowest BCUT2D eigenvalue weighted by molar-refractivity contribution is -0.123. The molecule has 4 rings (SSSR count). The number of amidine groups is 1. The van der Waals surface area contributed by atoms with Gasteiger partial charge in [0.05, 0.1) is 28.8 Å². The Morgan fingerprint density at radius 1 is 1.03 bits per heavy atom. The second-order valence-electron chi connectivity index (χ2n) is 10.4. The van der Waals surface area contributed by atoms with E-state index < -0.39 is 0 Å². The number of likely N-dealkylation sites (N-methyl/N-ethyl adjacent to an activating group) is 1. The molecular weight excluding hydrogens is 513 g/mol. The van der Waals surface area contributed by atoms with Crippen molar-refractivity contribution in [2.45, 2.75) is 38.6 Å². The normalized spacial score (nSPS) is 22.2. The van der Waals surface area contributed by atoms with Crippen LogP contribution in [-0.2, 0) is 9.59 Å². The molecule has 3 aliphatic rings. The summed E-state index contributed by atoms with van der Waals surface area (Å²) in [5.74, 6) is 0.657. The summed E-state index contributed by atoms with van der Waals surface area (Å²) in [7, 11) is 2.18. The van der Waals surface area contributed by atoms with Crippen LogP contribution in [-0.4, -0.2) is 104 Å². The van der Waals surface area contributed by atoms with Crippen molar-refractivity contribution in [2.75, 3.05) is 71.0 Å². The number of amides is 2. The minimum absolute atomic E-state index is 0.0320. The van der Waals surface area contributed by atoms with Crippen LogP contribution in [0.1, 0.15) is 32.6 Å². The van der Waals surface area contributed by atoms with E-state index in [1.807, 2.05) is 18.0 Å². The highest BCUT2D eigenvalue weighted by Crippen LogP contribution is 2.29. The molecule has 1 atom stereocenters. The Hall–Kier alpha value is -1.91. The molecule has 9 nitrogen and oxygen atoms in total. The Morgan fingerprint density at radius 2 is 1.76 bits per heavy atom. The molecule has 2 fully saturated rings. The summed E-state index contributed by atoms with van der Waals surface area (Å²) in [5.41, 5.74) is 0.830. The quantitative estimate of drug-likeness (QED) is 0.483. The van der Waals surface area contributed by atoms with Gasteiger partial charge >= 0.3 is 0 Å². The van der Waals surface area contributed by atoms with E-state index >= 15 is 0 Å². The van der Waals surface area contributed by atoms with Crippen LogP contribution >= 0.6 is 23.2 Å². The van der Waals surface area contributed by atoms with Crippen molar-refractivity contribution in [1.29, 1.82) is 0 Å². The van der Waals surface area contributed by atoms with Crippen molar-refractivity contribution in [2.24, 2.45) is 11.0 Å². The number of hydrogen-bond acceptors (Lipinski definition) is 7. The zero-order valence-corrected chi connectivity index (χ0v) is 23.4. The average molecular weight is 553 g/mol. The number of nitrogens with one attached hydrogen (secondary N) is 2. The molecule has 3 heterocycles. The summed E-state index contributed by atoms with van der Waals surface area (Å²) in [6, 6.07) is 6.01. The third kappa shape index (κ3) is 8.04. The van der Waals surface area contributed by atoms with Gasteiger partial charge in [0.15, 0.2) is 0 Å². The summed E-state index contributed by atoms with van der Waals surface area (Å²) in [6.45, 7) is 10.1. The lowest BCUT2D eigenvalue weighted by Crippen LogP contribution is -2.53. The molecule has 0 aromatic heterocycles. The monoisotopic (exact) mass is 551 g/mol. The second-order valence-corrected chi connectivity index (χ2v) is 11.2. The molecular formula is C26H39Cl2N7O2. The third-order valence-corrected chi connectivity index (χ3v) is 8.23. The van der Waals surface area contributed by atoms with Gasteiger partial charge in [-0.2, -0.15) is 5.10 Å². The van der Waals surface area contributed by atoms with Crippen molar-refractivity contribution >= 4 is 46.5 Å². The molecule has 1 aromatic carbocycles. The maximum absolute atomic E-state index is 12.5. The van der Waals surface area contributed by atoms with Crippen LogP contribution in [0.15, 0.2) is 23.3 Å². The van der Waals surface area contributed by atoms with E-state index in [1.165, 1.54) is 0 Å². The number of nitrogens with zero attached hydrogens (tertiary/aromatic N) is 5. The van der Waals surface area contributed by atoms with Crippen LogP contribution < -0.4 is 15.6 Å². The van der Waals surface area contributed by atoms with Gasteiger partial charge < -0.3 is 15.5 Å². The smallest absolute Gasteiger partial charge is 0.234 e. The van der Waals surface area contributed by atoms with Gasteiger partial charge in [-0.05, 0) is 44.5 Å². The molecule has 0 aliphatic carbocycles. The summed E-state index contributed by atoms with van der Waals surface area (Å²) >= 11 is 12.1. The summed E-state index contributed by atoms with van der Waals surface area (Å²) in [4.78, 5) is 32.1. The van der Waals surface area contributed by atoms with Crippen molar-refractivity contribution in [3.8, 4) is 0 Å². The first-order chi connectivity index (χ1) is 17.8. The highest BCUT2D eigenvalue weighted by molar-refractivity contribution is 6.42. The maximum atomic E-state index is 12.5. The summed E-state index contributed by atoms with van der Waals surface area (Å²) in [6.07, 6.45) is 3.17. The largest absolute Gasteiger partial charge is 0.355 e. The number of hydrogen-bond donors (Lipinski definition) is 2. The van der Waals surface area contributed by atoms with Crippen molar-refractivity contribution in [3.63, 3.8) is 0 Å². The number of anilines is 1. The second kappa shape index (κ2) is 13.2. The standard InChI is InChI=1S/C26H39Cl2N7O2/c1-19-17-35(21-5-6-22(27)23(28)16-21)31-26(19)30-24(36)4-3-9-29-25(37)18-33-10-7-20(8-11-33)34-14-12-32(2)13-15-34/h5-6,16,19-20H,3-4,7-15,17-18H2,1-2H3,(H,29,37)(H,30,31,36). The van der Waals surface area contributed by atoms with Crippen molar-refractivity contribution in [3.05, 3.63) is 28.2 Å². The lowest BCUT2D eigenvalue weighted by Gasteiger charge is -2.41. The molecule has 37 heavy (non-hydrogen) atoms. The van der Waals surface area contributed by atoms with E-state index in [1.54, 1.807) is 12.1 Å². The van der Waals surface area contributed by atoms with Gasteiger partial charge in [-0.25, -0.2) is 0 Å². The van der Waals surface area contributed by atoms with Crippen LogP contribution in [0.5, 0.6) is 0 Å². The van der Waals surface area contributed by atoms with Gasteiger partial charge in [0.2, 0.25) is 11.8 Å². The van der Waals surface area contributed by atoms with Gasteiger partial charge in [-0.3, -0.25) is 24.4 Å². The van der Waals surface area contributed by atoms with E-state index in [0.717, 1.165) is 57.8 Å². The molecule has 1 aromatic rings. The van der Waals surface area contributed by atoms with Crippen LogP contribution in [0.2, 0.25) is 10.0 Å². The van der Waals surface area contributed by atoms with Gasteiger partial charge in [0.25, 0.3) is 0 Å². The topological polar surface area (TPSA) is 83.5 Å². The number of halogens is 2. The molecule has 0 radical (unpaired) electrons. The first-order valence-corrected chi connectivity index (χ1v) is 14.1. The van der Waals surface area contributed by atoms with Crippen molar-refractivity contribution < 1.29 is 9.59 Å². The Labute approximate surface area is 230 Å².